The third kappa shape index (κ3) is 6.41. The van der Waals surface area contributed by atoms with Gasteiger partial charge in [-0.1, -0.05) is 20.3 Å². The molecule has 8 heteroatoms. The van der Waals surface area contributed by atoms with Gasteiger partial charge in [0, 0.05) is 48.2 Å². The summed E-state index contributed by atoms with van der Waals surface area (Å²) < 4.78 is 0. The van der Waals surface area contributed by atoms with Crippen LogP contribution in [0.25, 0.3) is 5.70 Å². The van der Waals surface area contributed by atoms with Crippen molar-refractivity contribution in [2.75, 3.05) is 19.6 Å². The maximum absolute atomic E-state index is 13.4. The van der Waals surface area contributed by atoms with Gasteiger partial charge in [0.25, 0.3) is 0 Å². The monoisotopic (exact) mass is 483 g/mol. The number of hydrogen-bond donors (Lipinski definition) is 2. The Morgan fingerprint density at radius 2 is 1.89 bits per heavy atom. The van der Waals surface area contributed by atoms with Crippen molar-refractivity contribution in [2.24, 2.45) is 11.7 Å². The number of rotatable bonds is 7. The number of piperidine rings is 2. The number of carbonyl (C=O) groups excluding carboxylic acids is 3. The summed E-state index contributed by atoms with van der Waals surface area (Å²) >= 11 is 0. The van der Waals surface area contributed by atoms with Crippen LogP contribution in [-0.2, 0) is 16.0 Å². The molecule has 0 bridgehead atoms. The number of aromatic nitrogens is 1. The zero-order chi connectivity index (χ0) is 25.5. The average molecular weight is 484 g/mol. The number of nitrogens with zero attached hydrogens (tertiary/aromatic N) is 3. The molecule has 2 aliphatic rings. The lowest BCUT2D eigenvalue weighted by molar-refractivity contribution is -0.140. The normalized spacial score (nSPS) is 21.4. The van der Waals surface area contributed by atoms with Crippen molar-refractivity contribution in [3.63, 3.8) is 0 Å². The van der Waals surface area contributed by atoms with Gasteiger partial charge in [-0.3, -0.25) is 14.6 Å². The summed E-state index contributed by atoms with van der Waals surface area (Å²) in [7, 11) is 0. The van der Waals surface area contributed by atoms with Gasteiger partial charge in [0.2, 0.25) is 11.8 Å². The predicted octanol–water partition coefficient (Wildman–Crippen LogP) is 3.77. The molecular formula is C27H41N5O3. The number of pyridine rings is 1. The second-order valence-corrected chi connectivity index (χ2v) is 9.87. The minimum Gasteiger partial charge on any atom is -0.366 e. The van der Waals surface area contributed by atoms with Crippen LogP contribution in [0.2, 0.25) is 0 Å². The molecule has 4 amide bonds. The van der Waals surface area contributed by atoms with E-state index in [0.29, 0.717) is 30.4 Å². The molecule has 2 fully saturated rings. The minimum absolute atomic E-state index is 0.172. The first-order chi connectivity index (χ1) is 16.8. The van der Waals surface area contributed by atoms with E-state index >= 15 is 0 Å². The predicted molar refractivity (Wildman–Crippen MR) is 137 cm³/mol. The van der Waals surface area contributed by atoms with Crippen LogP contribution >= 0.6 is 0 Å². The van der Waals surface area contributed by atoms with Crippen molar-refractivity contribution in [3.8, 4) is 0 Å². The average Bonchev–Trinajstić information content (AvgIpc) is 2.87. The van der Waals surface area contributed by atoms with Gasteiger partial charge in [-0.15, -0.1) is 0 Å². The minimum atomic E-state index is -0.592. The molecule has 0 saturated carbocycles. The summed E-state index contributed by atoms with van der Waals surface area (Å²) in [6.07, 6.45) is 7.41. The Morgan fingerprint density at radius 3 is 2.57 bits per heavy atom. The molecule has 2 unspecified atom stereocenters. The summed E-state index contributed by atoms with van der Waals surface area (Å²) in [6.45, 7) is 9.51. The molecule has 0 spiro atoms. The van der Waals surface area contributed by atoms with E-state index in [0.717, 1.165) is 62.9 Å². The molecule has 1 aromatic heterocycles. The quantitative estimate of drug-likeness (QED) is 0.575. The van der Waals surface area contributed by atoms with Crippen LogP contribution in [-0.4, -0.2) is 58.3 Å². The number of urea groups is 1. The van der Waals surface area contributed by atoms with Crippen LogP contribution in [0.1, 0.15) is 82.7 Å². The lowest BCUT2D eigenvalue weighted by Gasteiger charge is -2.40. The SMILES string of the molecule is CCCc1nc(C)ccc1/C(NC(=O)N1CCCC(C(=O)N2CCCCC2CC)C1)=C(\C)C(N)=O. The molecule has 3 N–H and O–H groups in total. The van der Waals surface area contributed by atoms with Gasteiger partial charge < -0.3 is 20.9 Å². The molecule has 2 atom stereocenters. The second kappa shape index (κ2) is 12.2. The Bertz CT molecular complexity index is 974. The largest absolute Gasteiger partial charge is 0.366 e. The van der Waals surface area contributed by atoms with Crippen LogP contribution in [0.15, 0.2) is 17.7 Å². The molecule has 0 aliphatic carbocycles. The molecule has 192 valence electrons. The van der Waals surface area contributed by atoms with Crippen LogP contribution < -0.4 is 11.1 Å². The van der Waals surface area contributed by atoms with E-state index in [1.54, 1.807) is 11.8 Å². The second-order valence-electron chi connectivity index (χ2n) is 9.87. The summed E-state index contributed by atoms with van der Waals surface area (Å²) in [4.78, 5) is 47.3. The standard InChI is InChI=1S/C27H41N5O3/c1-5-10-23-22(14-13-18(3)29-23)24(19(4)25(28)33)30-27(35)31-15-9-11-20(17-31)26(34)32-16-8-7-12-21(32)6-2/h13-14,20-21H,5-12,15-17H2,1-4H3,(H2,28,33)(H,30,35)/b24-19-. The molecule has 2 aliphatic heterocycles. The molecule has 0 radical (unpaired) electrons. The van der Waals surface area contributed by atoms with Gasteiger partial charge >= 0.3 is 6.03 Å². The molecule has 8 nitrogen and oxygen atoms in total. The molecule has 1 aromatic rings. The lowest BCUT2D eigenvalue weighted by atomic mass is 9.93. The smallest absolute Gasteiger partial charge is 0.321 e. The van der Waals surface area contributed by atoms with Crippen molar-refractivity contribution in [2.45, 2.75) is 85.1 Å². The molecule has 3 rings (SSSR count). The zero-order valence-electron chi connectivity index (χ0n) is 21.7. The van der Waals surface area contributed by atoms with E-state index in [4.69, 9.17) is 5.73 Å². The van der Waals surface area contributed by atoms with Crippen LogP contribution in [0.4, 0.5) is 4.79 Å². The van der Waals surface area contributed by atoms with Gasteiger partial charge in [-0.05, 0) is 70.9 Å². The number of nitrogens with two attached hydrogens (primary N) is 1. The van der Waals surface area contributed by atoms with E-state index < -0.39 is 5.91 Å². The Hall–Kier alpha value is -2.90. The van der Waals surface area contributed by atoms with Crippen LogP contribution in [0, 0.1) is 12.8 Å². The number of likely N-dealkylation sites (tertiary alicyclic amines) is 2. The third-order valence-corrected chi connectivity index (χ3v) is 7.29. The van der Waals surface area contributed by atoms with Crippen LogP contribution in [0.5, 0.6) is 0 Å². The van der Waals surface area contributed by atoms with Gasteiger partial charge in [0.1, 0.15) is 0 Å². The molecule has 35 heavy (non-hydrogen) atoms. The first-order valence-electron chi connectivity index (χ1n) is 13.1. The van der Waals surface area contributed by atoms with E-state index in [1.807, 2.05) is 24.0 Å². The summed E-state index contributed by atoms with van der Waals surface area (Å²) in [5.74, 6) is -0.611. The highest BCUT2D eigenvalue weighted by Gasteiger charge is 2.35. The fraction of sp³-hybridized carbons (Fsp3) is 0.630. The molecule has 2 saturated heterocycles. The zero-order valence-corrected chi connectivity index (χ0v) is 21.7. The Labute approximate surface area is 209 Å². The molecule has 3 heterocycles. The van der Waals surface area contributed by atoms with Gasteiger partial charge in [0.05, 0.1) is 11.6 Å². The highest BCUT2D eigenvalue weighted by Crippen LogP contribution is 2.27. The number of primary amides is 1. The van der Waals surface area contributed by atoms with Gasteiger partial charge in [0.15, 0.2) is 0 Å². The van der Waals surface area contributed by atoms with Crippen molar-refractivity contribution in [1.29, 1.82) is 0 Å². The first kappa shape index (κ1) is 26.7. The van der Waals surface area contributed by atoms with Crippen molar-refractivity contribution in [1.82, 2.24) is 20.1 Å². The third-order valence-electron chi connectivity index (χ3n) is 7.29. The van der Waals surface area contributed by atoms with Gasteiger partial charge in [-0.2, -0.15) is 0 Å². The summed E-state index contributed by atoms with van der Waals surface area (Å²) in [6, 6.07) is 3.75. The molecular weight excluding hydrogens is 442 g/mol. The fourth-order valence-electron chi connectivity index (χ4n) is 5.25. The number of aryl methyl sites for hydroxylation is 2. The van der Waals surface area contributed by atoms with E-state index in [1.165, 1.54) is 6.42 Å². The highest BCUT2D eigenvalue weighted by atomic mass is 16.2. The van der Waals surface area contributed by atoms with Crippen molar-refractivity contribution >= 4 is 23.5 Å². The number of carbonyl (C=O) groups is 3. The maximum atomic E-state index is 13.4. The number of nitrogens with one attached hydrogen (secondary N) is 1. The maximum Gasteiger partial charge on any atom is 0.321 e. The fourth-order valence-corrected chi connectivity index (χ4v) is 5.25. The van der Waals surface area contributed by atoms with E-state index in [2.05, 4.69) is 24.1 Å². The van der Waals surface area contributed by atoms with Gasteiger partial charge in [-0.25, -0.2) is 4.79 Å². The summed E-state index contributed by atoms with van der Waals surface area (Å²) in [5, 5.41) is 2.96. The Morgan fingerprint density at radius 1 is 1.11 bits per heavy atom. The highest BCUT2D eigenvalue weighted by molar-refractivity contribution is 6.02. The molecule has 0 aromatic carbocycles. The topological polar surface area (TPSA) is 109 Å². The van der Waals surface area contributed by atoms with Crippen LogP contribution in [0.3, 0.4) is 0 Å². The summed E-state index contributed by atoms with van der Waals surface area (Å²) in [5.41, 5.74) is 8.71. The Kier molecular flexibility index (Phi) is 9.29. The van der Waals surface area contributed by atoms with E-state index in [9.17, 15) is 14.4 Å². The lowest BCUT2D eigenvalue weighted by Crippen LogP contribution is -2.52. The number of amides is 4. The first-order valence-corrected chi connectivity index (χ1v) is 13.1. The number of hydrogen-bond acceptors (Lipinski definition) is 4. The Balaban J connectivity index is 1.80. The van der Waals surface area contributed by atoms with Crippen molar-refractivity contribution < 1.29 is 14.4 Å². The van der Waals surface area contributed by atoms with Crippen molar-refractivity contribution in [3.05, 3.63) is 34.7 Å². The van der Waals surface area contributed by atoms with E-state index in [-0.39, 0.29) is 23.4 Å².